The summed E-state index contributed by atoms with van der Waals surface area (Å²) in [6, 6.07) is 17.3. The summed E-state index contributed by atoms with van der Waals surface area (Å²) in [5, 5.41) is 0. The lowest BCUT2D eigenvalue weighted by Crippen LogP contribution is -2.26. The number of aryl methyl sites for hydroxylation is 1. The van der Waals surface area contributed by atoms with Crippen LogP contribution in [0.3, 0.4) is 0 Å². The molecular formula is C24H24F2N4. The minimum Gasteiger partial charge on any atom is -0.337 e. The fourth-order valence-electron chi connectivity index (χ4n) is 3.63. The molecule has 0 atom stereocenters. The van der Waals surface area contributed by atoms with Gasteiger partial charge < -0.3 is 9.13 Å². The van der Waals surface area contributed by atoms with Crippen molar-refractivity contribution < 1.29 is 8.78 Å². The Bertz CT molecular complexity index is 1060. The number of benzene rings is 2. The fourth-order valence-corrected chi connectivity index (χ4v) is 3.63. The van der Waals surface area contributed by atoms with E-state index in [0.717, 1.165) is 36.5 Å². The Kier molecular flexibility index (Phi) is 6.35. The monoisotopic (exact) mass is 406 g/mol. The molecule has 30 heavy (non-hydrogen) atoms. The first-order valence-electron chi connectivity index (χ1n) is 10.0. The first-order valence-corrected chi connectivity index (χ1v) is 10.0. The molecule has 0 amide bonds. The third kappa shape index (κ3) is 5.21. The predicted molar refractivity (Wildman–Crippen MR) is 113 cm³/mol. The molecule has 4 aromatic rings. The molecule has 0 saturated heterocycles. The summed E-state index contributed by atoms with van der Waals surface area (Å²) in [6.45, 7) is 3.07. The number of nitrogens with zero attached hydrogens (tertiary/aromatic N) is 4. The maximum Gasteiger partial charge on any atom is 0.123 e. The van der Waals surface area contributed by atoms with Crippen LogP contribution in [0.4, 0.5) is 8.78 Å². The molecule has 4 nitrogen and oxygen atoms in total. The van der Waals surface area contributed by atoms with E-state index in [2.05, 4.69) is 25.1 Å². The zero-order valence-corrected chi connectivity index (χ0v) is 16.7. The maximum atomic E-state index is 13.7. The van der Waals surface area contributed by atoms with Gasteiger partial charge in [-0.15, -0.1) is 0 Å². The van der Waals surface area contributed by atoms with E-state index in [4.69, 9.17) is 0 Å². The lowest BCUT2D eigenvalue weighted by molar-refractivity contribution is 0.244. The van der Waals surface area contributed by atoms with Crippen LogP contribution < -0.4 is 0 Å². The van der Waals surface area contributed by atoms with Crippen molar-refractivity contribution in [2.45, 2.75) is 26.1 Å². The summed E-state index contributed by atoms with van der Waals surface area (Å²) >= 11 is 0. The van der Waals surface area contributed by atoms with Gasteiger partial charge in [-0.25, -0.2) is 13.8 Å². The maximum absolute atomic E-state index is 13.7. The standard InChI is InChI=1S/C24H24F2N4/c25-21-7-9-23(10-8-21)30-14-2-6-24(30)18-29(13-3-12-28-15-11-27-19-28)17-20-4-1-5-22(26)16-20/h1-2,4-11,14-16,19H,3,12-13,17-18H2. The van der Waals surface area contributed by atoms with E-state index in [1.165, 1.54) is 18.2 Å². The molecule has 2 aromatic carbocycles. The number of aromatic nitrogens is 3. The molecule has 0 saturated carbocycles. The van der Waals surface area contributed by atoms with Crippen molar-refractivity contribution in [3.8, 4) is 5.69 Å². The highest BCUT2D eigenvalue weighted by Crippen LogP contribution is 2.17. The minimum absolute atomic E-state index is 0.222. The largest absolute Gasteiger partial charge is 0.337 e. The van der Waals surface area contributed by atoms with Crippen LogP contribution in [0.15, 0.2) is 85.6 Å². The van der Waals surface area contributed by atoms with Gasteiger partial charge in [0.2, 0.25) is 0 Å². The molecule has 0 bridgehead atoms. The molecule has 6 heteroatoms. The van der Waals surface area contributed by atoms with Crippen molar-refractivity contribution in [3.63, 3.8) is 0 Å². The molecule has 0 N–H and O–H groups in total. The highest BCUT2D eigenvalue weighted by atomic mass is 19.1. The van der Waals surface area contributed by atoms with Gasteiger partial charge in [-0.2, -0.15) is 0 Å². The van der Waals surface area contributed by atoms with Crippen LogP contribution in [0.2, 0.25) is 0 Å². The third-order valence-corrected chi connectivity index (χ3v) is 5.07. The molecular weight excluding hydrogens is 382 g/mol. The molecule has 2 aromatic heterocycles. The average molecular weight is 406 g/mol. The molecule has 2 heterocycles. The van der Waals surface area contributed by atoms with Crippen molar-refractivity contribution in [3.05, 3.63) is 108 Å². The Balaban J connectivity index is 1.50. The van der Waals surface area contributed by atoms with Crippen molar-refractivity contribution >= 4 is 0 Å². The smallest absolute Gasteiger partial charge is 0.123 e. The van der Waals surface area contributed by atoms with Crippen LogP contribution in [-0.2, 0) is 19.6 Å². The Labute approximate surface area is 175 Å². The van der Waals surface area contributed by atoms with Crippen molar-refractivity contribution in [2.75, 3.05) is 6.54 Å². The predicted octanol–water partition coefficient (Wildman–Crippen LogP) is 5.04. The number of hydrogen-bond acceptors (Lipinski definition) is 2. The summed E-state index contributed by atoms with van der Waals surface area (Å²) in [6.07, 6.45) is 8.48. The topological polar surface area (TPSA) is 26.0 Å². The zero-order chi connectivity index (χ0) is 20.8. The lowest BCUT2D eigenvalue weighted by atomic mass is 10.2. The van der Waals surface area contributed by atoms with Gasteiger partial charge in [0.1, 0.15) is 11.6 Å². The Morgan fingerprint density at radius 2 is 1.73 bits per heavy atom. The van der Waals surface area contributed by atoms with Crippen LogP contribution in [0.5, 0.6) is 0 Å². The lowest BCUT2D eigenvalue weighted by Gasteiger charge is -2.23. The summed E-state index contributed by atoms with van der Waals surface area (Å²) in [5.74, 6) is -0.472. The van der Waals surface area contributed by atoms with Gasteiger partial charge in [-0.3, -0.25) is 4.90 Å². The number of hydrogen-bond donors (Lipinski definition) is 0. The highest BCUT2D eigenvalue weighted by molar-refractivity contribution is 5.35. The second kappa shape index (κ2) is 9.50. The molecule has 0 aliphatic rings. The number of imidazole rings is 1. The molecule has 0 aliphatic carbocycles. The van der Waals surface area contributed by atoms with Crippen molar-refractivity contribution in [1.29, 1.82) is 0 Å². The van der Waals surface area contributed by atoms with E-state index in [1.807, 2.05) is 30.9 Å². The molecule has 154 valence electrons. The highest BCUT2D eigenvalue weighted by Gasteiger charge is 2.12. The molecule has 0 fully saturated rings. The normalized spacial score (nSPS) is 11.3. The zero-order valence-electron chi connectivity index (χ0n) is 16.7. The van der Waals surface area contributed by atoms with Crippen LogP contribution in [0, 0.1) is 11.6 Å². The summed E-state index contributed by atoms with van der Waals surface area (Å²) < 4.78 is 31.1. The quantitative estimate of drug-likeness (QED) is 0.389. The number of halogens is 2. The van der Waals surface area contributed by atoms with Crippen LogP contribution in [0.25, 0.3) is 5.69 Å². The van der Waals surface area contributed by atoms with Gasteiger partial charge in [-0.1, -0.05) is 12.1 Å². The van der Waals surface area contributed by atoms with Gasteiger partial charge in [0.05, 0.1) is 6.33 Å². The van der Waals surface area contributed by atoms with E-state index >= 15 is 0 Å². The van der Waals surface area contributed by atoms with Crippen molar-refractivity contribution in [2.24, 2.45) is 0 Å². The van der Waals surface area contributed by atoms with Gasteiger partial charge >= 0.3 is 0 Å². The SMILES string of the molecule is Fc1ccc(-n2cccc2CN(CCCn2ccnc2)Cc2cccc(F)c2)cc1. The molecule has 4 rings (SSSR count). The van der Waals surface area contributed by atoms with Gasteiger partial charge in [0.25, 0.3) is 0 Å². The second-order valence-corrected chi connectivity index (χ2v) is 7.34. The second-order valence-electron chi connectivity index (χ2n) is 7.34. The fraction of sp³-hybridized carbons (Fsp3) is 0.208. The minimum atomic E-state index is -0.250. The van der Waals surface area contributed by atoms with Crippen LogP contribution in [0.1, 0.15) is 17.7 Å². The van der Waals surface area contributed by atoms with Crippen molar-refractivity contribution in [1.82, 2.24) is 19.0 Å². The van der Waals surface area contributed by atoms with E-state index in [9.17, 15) is 8.78 Å². The first kappa shape index (κ1) is 20.0. The molecule has 0 radical (unpaired) electrons. The third-order valence-electron chi connectivity index (χ3n) is 5.07. The number of rotatable bonds is 9. The summed E-state index contributed by atoms with van der Waals surface area (Å²) in [5.41, 5.74) is 2.96. The average Bonchev–Trinajstić information content (AvgIpc) is 3.41. The molecule has 0 spiro atoms. The van der Waals surface area contributed by atoms with E-state index in [0.29, 0.717) is 13.1 Å². The van der Waals surface area contributed by atoms with Crippen LogP contribution in [-0.4, -0.2) is 25.6 Å². The summed E-state index contributed by atoms with van der Waals surface area (Å²) in [7, 11) is 0. The van der Waals surface area contributed by atoms with E-state index < -0.39 is 0 Å². The Hall–Kier alpha value is -3.25. The van der Waals surface area contributed by atoms with Crippen LogP contribution >= 0.6 is 0 Å². The first-order chi connectivity index (χ1) is 14.7. The van der Waals surface area contributed by atoms with E-state index in [1.54, 1.807) is 30.5 Å². The van der Waals surface area contributed by atoms with Gasteiger partial charge in [-0.05, 0) is 60.5 Å². The van der Waals surface area contributed by atoms with Gasteiger partial charge in [0.15, 0.2) is 0 Å². The van der Waals surface area contributed by atoms with E-state index in [-0.39, 0.29) is 11.6 Å². The Morgan fingerprint density at radius 3 is 2.50 bits per heavy atom. The molecule has 0 aliphatic heterocycles. The summed E-state index contributed by atoms with van der Waals surface area (Å²) in [4.78, 5) is 6.39. The Morgan fingerprint density at radius 1 is 0.867 bits per heavy atom. The molecule has 0 unspecified atom stereocenters. The van der Waals surface area contributed by atoms with Gasteiger partial charge in [0, 0.05) is 56.2 Å².